The fourth-order valence-electron chi connectivity index (χ4n) is 1.14. The van der Waals surface area contributed by atoms with Gasteiger partial charge in [-0.3, -0.25) is 4.90 Å². The van der Waals surface area contributed by atoms with Crippen LogP contribution in [0, 0.1) is 11.3 Å². The van der Waals surface area contributed by atoms with Gasteiger partial charge in [0.15, 0.2) is 0 Å². The molecule has 1 rings (SSSR count). The molecule has 0 saturated heterocycles. The fraction of sp³-hybridized carbons (Fsp3) is 0.200. The second-order valence-corrected chi connectivity index (χ2v) is 2.73. The van der Waals surface area contributed by atoms with Gasteiger partial charge in [-0.2, -0.15) is 5.26 Å². The second-order valence-electron chi connectivity index (χ2n) is 2.73. The number of benzene rings is 1. The Labute approximate surface area is 82.5 Å². The Hall–Kier alpha value is -2.02. The highest BCUT2D eigenvalue weighted by atomic mass is 16.2. The molecule has 1 aromatic rings. The van der Waals surface area contributed by atoms with Crippen LogP contribution in [0.2, 0.25) is 0 Å². The molecule has 72 valence electrons. The molecule has 0 spiro atoms. The molecule has 0 saturated carbocycles. The van der Waals surface area contributed by atoms with Gasteiger partial charge >= 0.3 is 6.03 Å². The highest BCUT2D eigenvalue weighted by Crippen LogP contribution is 2.12. The number of para-hydroxylation sites is 1. The standard InChI is InChI=1S/C10H11N3O/c11-7-4-8-13(10(12)14)9-5-2-1-3-6-9/h1-3,5-6H,4,8H2,(H2,12,14). The minimum absolute atomic E-state index is 0.276. The van der Waals surface area contributed by atoms with E-state index in [4.69, 9.17) is 11.0 Å². The number of nitrogens with two attached hydrogens (primary N) is 1. The van der Waals surface area contributed by atoms with Gasteiger partial charge in [-0.25, -0.2) is 4.79 Å². The quantitative estimate of drug-likeness (QED) is 0.782. The predicted octanol–water partition coefficient (Wildman–Crippen LogP) is 1.49. The molecular weight excluding hydrogens is 178 g/mol. The van der Waals surface area contributed by atoms with Gasteiger partial charge in [0.25, 0.3) is 0 Å². The summed E-state index contributed by atoms with van der Waals surface area (Å²) >= 11 is 0. The lowest BCUT2D eigenvalue weighted by Crippen LogP contribution is -2.36. The van der Waals surface area contributed by atoms with E-state index < -0.39 is 6.03 Å². The summed E-state index contributed by atoms with van der Waals surface area (Å²) in [6, 6.07) is 10.5. The molecule has 0 fully saturated rings. The molecule has 0 atom stereocenters. The van der Waals surface area contributed by atoms with Crippen molar-refractivity contribution in [3.05, 3.63) is 30.3 Å². The average Bonchev–Trinajstić information content (AvgIpc) is 2.19. The molecule has 2 amide bonds. The lowest BCUT2D eigenvalue weighted by atomic mass is 10.3. The third-order valence-corrected chi connectivity index (χ3v) is 1.78. The maximum Gasteiger partial charge on any atom is 0.319 e. The Bertz CT molecular complexity index is 342. The van der Waals surface area contributed by atoms with Crippen molar-refractivity contribution >= 4 is 11.7 Å². The Kier molecular flexibility index (Phi) is 3.50. The molecule has 0 aliphatic carbocycles. The Morgan fingerprint density at radius 1 is 1.43 bits per heavy atom. The van der Waals surface area contributed by atoms with Gasteiger partial charge in [0.1, 0.15) is 0 Å². The molecule has 4 heteroatoms. The van der Waals surface area contributed by atoms with Crippen LogP contribution < -0.4 is 10.6 Å². The summed E-state index contributed by atoms with van der Waals surface area (Å²) in [6.07, 6.45) is 0.276. The number of primary amides is 1. The van der Waals surface area contributed by atoms with Gasteiger partial charge in [0.05, 0.1) is 12.5 Å². The molecule has 0 aliphatic rings. The van der Waals surface area contributed by atoms with Gasteiger partial charge in [0, 0.05) is 12.2 Å². The zero-order chi connectivity index (χ0) is 10.4. The molecule has 0 radical (unpaired) electrons. The van der Waals surface area contributed by atoms with Crippen molar-refractivity contribution in [1.82, 2.24) is 0 Å². The number of carbonyl (C=O) groups excluding carboxylic acids is 1. The van der Waals surface area contributed by atoms with E-state index >= 15 is 0 Å². The van der Waals surface area contributed by atoms with Gasteiger partial charge < -0.3 is 5.73 Å². The maximum absolute atomic E-state index is 11.0. The summed E-state index contributed by atoms with van der Waals surface area (Å²) in [7, 11) is 0. The first kappa shape index (κ1) is 10.1. The minimum atomic E-state index is -0.536. The first-order valence-electron chi connectivity index (χ1n) is 4.24. The molecular formula is C10H11N3O. The zero-order valence-electron chi connectivity index (χ0n) is 7.68. The Morgan fingerprint density at radius 3 is 2.57 bits per heavy atom. The number of anilines is 1. The van der Waals surface area contributed by atoms with E-state index in [-0.39, 0.29) is 6.42 Å². The van der Waals surface area contributed by atoms with Crippen LogP contribution in [0.25, 0.3) is 0 Å². The van der Waals surface area contributed by atoms with Crippen molar-refractivity contribution in [2.45, 2.75) is 6.42 Å². The van der Waals surface area contributed by atoms with E-state index in [1.165, 1.54) is 4.90 Å². The van der Waals surface area contributed by atoms with E-state index in [2.05, 4.69) is 0 Å². The number of urea groups is 1. The molecule has 0 unspecified atom stereocenters. The third-order valence-electron chi connectivity index (χ3n) is 1.78. The minimum Gasteiger partial charge on any atom is -0.351 e. The normalized spacial score (nSPS) is 9.07. The van der Waals surface area contributed by atoms with Crippen molar-refractivity contribution in [2.24, 2.45) is 5.73 Å². The van der Waals surface area contributed by atoms with Crippen LogP contribution in [0.15, 0.2) is 30.3 Å². The van der Waals surface area contributed by atoms with Crippen LogP contribution in [-0.2, 0) is 0 Å². The lowest BCUT2D eigenvalue weighted by Gasteiger charge is -2.18. The summed E-state index contributed by atoms with van der Waals surface area (Å²) in [5, 5.41) is 8.42. The van der Waals surface area contributed by atoms with Crippen LogP contribution in [0.3, 0.4) is 0 Å². The van der Waals surface area contributed by atoms with E-state index in [1.807, 2.05) is 24.3 Å². The molecule has 0 heterocycles. The molecule has 0 aromatic heterocycles. The van der Waals surface area contributed by atoms with Gasteiger partial charge in [-0.05, 0) is 12.1 Å². The van der Waals surface area contributed by atoms with E-state index in [0.717, 1.165) is 5.69 Å². The van der Waals surface area contributed by atoms with Crippen LogP contribution in [0.5, 0.6) is 0 Å². The third kappa shape index (κ3) is 2.49. The summed E-state index contributed by atoms with van der Waals surface area (Å²) in [4.78, 5) is 12.4. The number of hydrogen-bond donors (Lipinski definition) is 1. The lowest BCUT2D eigenvalue weighted by molar-refractivity contribution is 0.254. The number of nitrogens with zero attached hydrogens (tertiary/aromatic N) is 2. The van der Waals surface area contributed by atoms with Crippen molar-refractivity contribution in [3.63, 3.8) is 0 Å². The average molecular weight is 189 g/mol. The number of carbonyl (C=O) groups is 1. The summed E-state index contributed by atoms with van der Waals surface area (Å²) < 4.78 is 0. The highest BCUT2D eigenvalue weighted by Gasteiger charge is 2.10. The van der Waals surface area contributed by atoms with Gasteiger partial charge in [-0.1, -0.05) is 18.2 Å². The number of nitriles is 1. The van der Waals surface area contributed by atoms with Crippen molar-refractivity contribution in [3.8, 4) is 6.07 Å². The first-order chi connectivity index (χ1) is 6.75. The molecule has 1 aromatic carbocycles. The Morgan fingerprint density at radius 2 is 2.07 bits per heavy atom. The number of amides is 2. The van der Waals surface area contributed by atoms with E-state index in [1.54, 1.807) is 12.1 Å². The molecule has 2 N–H and O–H groups in total. The topological polar surface area (TPSA) is 70.1 Å². The smallest absolute Gasteiger partial charge is 0.319 e. The van der Waals surface area contributed by atoms with Crippen LogP contribution in [-0.4, -0.2) is 12.6 Å². The second kappa shape index (κ2) is 4.87. The van der Waals surface area contributed by atoms with Gasteiger partial charge in [0.2, 0.25) is 0 Å². The van der Waals surface area contributed by atoms with Crippen molar-refractivity contribution in [1.29, 1.82) is 5.26 Å². The SMILES string of the molecule is N#CCCN(C(N)=O)c1ccccc1. The first-order valence-corrected chi connectivity index (χ1v) is 4.24. The van der Waals surface area contributed by atoms with Crippen molar-refractivity contribution in [2.75, 3.05) is 11.4 Å². The van der Waals surface area contributed by atoms with Crippen molar-refractivity contribution < 1.29 is 4.79 Å². The molecule has 4 nitrogen and oxygen atoms in total. The molecule has 0 bridgehead atoms. The van der Waals surface area contributed by atoms with E-state index in [0.29, 0.717) is 6.54 Å². The summed E-state index contributed by atoms with van der Waals surface area (Å²) in [6.45, 7) is 0.329. The van der Waals surface area contributed by atoms with E-state index in [9.17, 15) is 4.79 Å². The Balaban J connectivity index is 2.79. The largest absolute Gasteiger partial charge is 0.351 e. The zero-order valence-corrected chi connectivity index (χ0v) is 7.68. The molecule has 14 heavy (non-hydrogen) atoms. The number of hydrogen-bond acceptors (Lipinski definition) is 2. The number of rotatable bonds is 3. The van der Waals surface area contributed by atoms with Crippen LogP contribution in [0.4, 0.5) is 10.5 Å². The van der Waals surface area contributed by atoms with Gasteiger partial charge in [-0.15, -0.1) is 0 Å². The van der Waals surface area contributed by atoms with Crippen LogP contribution in [0.1, 0.15) is 6.42 Å². The fourth-order valence-corrected chi connectivity index (χ4v) is 1.14. The summed E-state index contributed by atoms with van der Waals surface area (Å²) in [5.41, 5.74) is 5.90. The summed E-state index contributed by atoms with van der Waals surface area (Å²) in [5.74, 6) is 0. The maximum atomic E-state index is 11.0. The van der Waals surface area contributed by atoms with Crippen LogP contribution >= 0.6 is 0 Å². The highest BCUT2D eigenvalue weighted by molar-refractivity contribution is 5.90. The predicted molar refractivity (Wildman–Crippen MR) is 53.6 cm³/mol. The molecule has 0 aliphatic heterocycles. The monoisotopic (exact) mass is 189 g/mol.